The van der Waals surface area contributed by atoms with Crippen molar-refractivity contribution in [2.75, 3.05) is 23.9 Å². The molecule has 0 aliphatic rings. The van der Waals surface area contributed by atoms with E-state index in [9.17, 15) is 9.00 Å². The predicted molar refractivity (Wildman–Crippen MR) is 76.2 cm³/mol. The molecule has 0 saturated heterocycles. The van der Waals surface area contributed by atoms with E-state index < -0.39 is 10.8 Å². The molecule has 0 saturated carbocycles. The van der Waals surface area contributed by atoms with Crippen LogP contribution in [0.1, 0.15) is 12.5 Å². The highest BCUT2D eigenvalue weighted by molar-refractivity contribution is 7.84. The van der Waals surface area contributed by atoms with Crippen molar-refractivity contribution in [3.8, 4) is 0 Å². The molecule has 0 fully saturated rings. The lowest BCUT2D eigenvalue weighted by Gasteiger charge is -2.13. The van der Waals surface area contributed by atoms with Crippen molar-refractivity contribution in [3.63, 3.8) is 0 Å². The highest BCUT2D eigenvalue weighted by atomic mass is 32.2. The van der Waals surface area contributed by atoms with E-state index in [2.05, 4.69) is 10.6 Å². The van der Waals surface area contributed by atoms with Gasteiger partial charge in [0.1, 0.15) is 0 Å². The van der Waals surface area contributed by atoms with Gasteiger partial charge in [-0.05, 0) is 26.0 Å². The van der Waals surface area contributed by atoms with E-state index in [1.54, 1.807) is 13.2 Å². The molecule has 5 heteroatoms. The Labute approximate surface area is 111 Å². The van der Waals surface area contributed by atoms with Crippen LogP contribution >= 0.6 is 0 Å². The van der Waals surface area contributed by atoms with Crippen LogP contribution in [0.25, 0.3) is 0 Å². The number of amides is 1. The van der Waals surface area contributed by atoms with E-state index in [1.165, 1.54) is 0 Å². The maximum Gasteiger partial charge on any atom is 0.241 e. The minimum Gasteiger partial charge on any atom is -0.325 e. The zero-order chi connectivity index (χ0) is 13.5. The summed E-state index contributed by atoms with van der Waals surface area (Å²) >= 11 is 0. The van der Waals surface area contributed by atoms with Crippen LogP contribution in [0.3, 0.4) is 0 Å². The zero-order valence-corrected chi connectivity index (χ0v) is 11.8. The van der Waals surface area contributed by atoms with Gasteiger partial charge in [-0.25, -0.2) is 0 Å². The number of anilines is 1. The van der Waals surface area contributed by atoms with Gasteiger partial charge in [-0.1, -0.05) is 17.7 Å². The van der Waals surface area contributed by atoms with Gasteiger partial charge in [-0.15, -0.1) is 0 Å². The summed E-state index contributed by atoms with van der Waals surface area (Å²) in [6, 6.07) is 7.36. The maximum absolute atomic E-state index is 11.8. The summed E-state index contributed by atoms with van der Waals surface area (Å²) in [7, 11) is -0.830. The fourth-order valence-corrected chi connectivity index (χ4v) is 1.80. The zero-order valence-electron chi connectivity index (χ0n) is 11.0. The number of hydrogen-bond acceptors (Lipinski definition) is 3. The van der Waals surface area contributed by atoms with Crippen LogP contribution in [0.4, 0.5) is 5.69 Å². The Morgan fingerprint density at radius 2 is 1.94 bits per heavy atom. The Hall–Kier alpha value is -1.20. The van der Waals surface area contributed by atoms with Gasteiger partial charge in [0.25, 0.3) is 0 Å². The lowest BCUT2D eigenvalue weighted by molar-refractivity contribution is -0.117. The van der Waals surface area contributed by atoms with Crippen LogP contribution in [0.5, 0.6) is 0 Å². The first-order valence-corrected chi connectivity index (χ1v) is 7.62. The standard InChI is InChI=1S/C13H20N2O2S/c1-10-4-6-12(7-5-10)15-13(16)11(2)14-8-9-18(3)17/h4-7,11,14H,8-9H2,1-3H3,(H,15,16). The summed E-state index contributed by atoms with van der Waals surface area (Å²) < 4.78 is 10.9. The molecule has 1 aromatic carbocycles. The molecule has 0 spiro atoms. The van der Waals surface area contributed by atoms with Gasteiger partial charge in [-0.2, -0.15) is 0 Å². The van der Waals surface area contributed by atoms with Gasteiger partial charge in [0.15, 0.2) is 0 Å². The summed E-state index contributed by atoms with van der Waals surface area (Å²) in [4.78, 5) is 11.8. The van der Waals surface area contributed by atoms with E-state index in [1.807, 2.05) is 31.2 Å². The average Bonchev–Trinajstić information content (AvgIpc) is 2.31. The Kier molecular flexibility index (Phi) is 6.01. The van der Waals surface area contributed by atoms with Gasteiger partial charge in [-0.3, -0.25) is 9.00 Å². The SMILES string of the molecule is Cc1ccc(NC(=O)C(C)NCCS(C)=O)cc1. The Balaban J connectivity index is 2.39. The van der Waals surface area contributed by atoms with Crippen LogP contribution < -0.4 is 10.6 Å². The third kappa shape index (κ3) is 5.42. The van der Waals surface area contributed by atoms with Gasteiger partial charge < -0.3 is 10.6 Å². The molecule has 1 aromatic rings. The molecule has 18 heavy (non-hydrogen) atoms. The van der Waals surface area contributed by atoms with Gasteiger partial charge in [0, 0.05) is 35.0 Å². The number of carbonyl (C=O) groups excluding carboxylic acids is 1. The summed E-state index contributed by atoms with van der Waals surface area (Å²) in [6.45, 7) is 4.37. The highest BCUT2D eigenvalue weighted by Crippen LogP contribution is 2.08. The molecule has 1 rings (SSSR count). The topological polar surface area (TPSA) is 58.2 Å². The van der Waals surface area contributed by atoms with E-state index in [0.717, 1.165) is 11.3 Å². The Morgan fingerprint density at radius 1 is 1.33 bits per heavy atom. The van der Waals surface area contributed by atoms with Crippen molar-refractivity contribution in [1.29, 1.82) is 0 Å². The Bertz CT molecular complexity index is 418. The average molecular weight is 268 g/mol. The summed E-state index contributed by atoms with van der Waals surface area (Å²) in [5.41, 5.74) is 1.95. The predicted octanol–water partition coefficient (Wildman–Crippen LogP) is 1.29. The van der Waals surface area contributed by atoms with Crippen LogP contribution in [0.15, 0.2) is 24.3 Å². The molecule has 0 aliphatic heterocycles. The van der Waals surface area contributed by atoms with Crippen molar-refractivity contribution in [2.45, 2.75) is 19.9 Å². The van der Waals surface area contributed by atoms with Crippen molar-refractivity contribution >= 4 is 22.4 Å². The van der Waals surface area contributed by atoms with E-state index >= 15 is 0 Å². The number of carbonyl (C=O) groups is 1. The molecular weight excluding hydrogens is 248 g/mol. The van der Waals surface area contributed by atoms with Crippen LogP contribution in [0.2, 0.25) is 0 Å². The van der Waals surface area contributed by atoms with Crippen molar-refractivity contribution < 1.29 is 9.00 Å². The van der Waals surface area contributed by atoms with Crippen LogP contribution in [-0.4, -0.2) is 34.7 Å². The maximum atomic E-state index is 11.8. The smallest absolute Gasteiger partial charge is 0.241 e. The summed E-state index contributed by atoms with van der Waals surface area (Å²) in [5.74, 6) is 0.475. The third-order valence-corrected chi connectivity index (χ3v) is 3.33. The van der Waals surface area contributed by atoms with Gasteiger partial charge in [0.2, 0.25) is 5.91 Å². The fraction of sp³-hybridized carbons (Fsp3) is 0.462. The number of benzene rings is 1. The first kappa shape index (κ1) is 14.9. The third-order valence-electron chi connectivity index (χ3n) is 2.55. The van der Waals surface area contributed by atoms with E-state index in [0.29, 0.717) is 12.3 Å². The molecule has 2 unspecified atom stereocenters. The fourth-order valence-electron chi connectivity index (χ4n) is 1.40. The lowest BCUT2D eigenvalue weighted by atomic mass is 10.2. The summed E-state index contributed by atoms with van der Waals surface area (Å²) in [5, 5.41) is 5.87. The monoisotopic (exact) mass is 268 g/mol. The van der Waals surface area contributed by atoms with E-state index in [4.69, 9.17) is 0 Å². The van der Waals surface area contributed by atoms with Crippen molar-refractivity contribution in [2.24, 2.45) is 0 Å². The highest BCUT2D eigenvalue weighted by Gasteiger charge is 2.11. The number of aryl methyl sites for hydroxylation is 1. The largest absolute Gasteiger partial charge is 0.325 e. The first-order valence-electron chi connectivity index (χ1n) is 5.90. The molecule has 0 aliphatic carbocycles. The molecule has 2 atom stereocenters. The number of hydrogen-bond donors (Lipinski definition) is 2. The Morgan fingerprint density at radius 3 is 2.50 bits per heavy atom. The second-order valence-electron chi connectivity index (χ2n) is 4.31. The van der Waals surface area contributed by atoms with Gasteiger partial charge in [0.05, 0.1) is 6.04 Å². The molecule has 0 bridgehead atoms. The normalized spacial score (nSPS) is 13.9. The quantitative estimate of drug-likeness (QED) is 0.817. The first-order chi connectivity index (χ1) is 8.49. The second kappa shape index (κ2) is 7.28. The summed E-state index contributed by atoms with van der Waals surface area (Å²) in [6.07, 6.45) is 1.65. The van der Waals surface area contributed by atoms with Crippen molar-refractivity contribution in [1.82, 2.24) is 5.32 Å². The lowest BCUT2D eigenvalue weighted by Crippen LogP contribution is -2.39. The van der Waals surface area contributed by atoms with E-state index in [-0.39, 0.29) is 11.9 Å². The molecule has 2 N–H and O–H groups in total. The number of rotatable bonds is 6. The van der Waals surface area contributed by atoms with Gasteiger partial charge >= 0.3 is 0 Å². The van der Waals surface area contributed by atoms with Crippen molar-refractivity contribution in [3.05, 3.63) is 29.8 Å². The molecule has 100 valence electrons. The minimum atomic E-state index is -0.830. The second-order valence-corrected chi connectivity index (χ2v) is 5.86. The molecule has 1 amide bonds. The molecule has 0 radical (unpaired) electrons. The molecule has 4 nitrogen and oxygen atoms in total. The molecule has 0 aromatic heterocycles. The van der Waals surface area contributed by atoms with Crippen LogP contribution in [-0.2, 0) is 15.6 Å². The molecule has 0 heterocycles. The molecular formula is C13H20N2O2S. The van der Waals surface area contributed by atoms with Crippen LogP contribution in [0, 0.1) is 6.92 Å². The minimum absolute atomic E-state index is 0.0826. The number of nitrogens with one attached hydrogen (secondary N) is 2.